The molecule has 0 radical (unpaired) electrons. The topological polar surface area (TPSA) is 149 Å². The van der Waals surface area contributed by atoms with Crippen molar-refractivity contribution in [3.05, 3.63) is 92.0 Å². The van der Waals surface area contributed by atoms with Gasteiger partial charge in [-0.3, -0.25) is 29.2 Å². The lowest BCUT2D eigenvalue weighted by Crippen LogP contribution is -2.31. The highest BCUT2D eigenvalue weighted by atomic mass is 32.2. The SMILES string of the molecule is CCc1ccc2[nH]cc(C(=O)NC3=NCCS3)c(=O)c2c1.O=C(NC1=NCCS1)c1c[nH]c2ccccc2c1=O. The third kappa shape index (κ3) is 6.02. The Morgan fingerprint density at radius 3 is 1.90 bits per heavy atom. The third-order valence-electron chi connectivity index (χ3n) is 6.24. The number of rotatable bonds is 3. The lowest BCUT2D eigenvalue weighted by molar-refractivity contribution is 0.0968. The number of amidine groups is 2. The molecule has 10 nitrogen and oxygen atoms in total. The number of fused-ring (bicyclic) bond motifs is 2. The highest BCUT2D eigenvalue weighted by molar-refractivity contribution is 8.14. The smallest absolute Gasteiger partial charge is 0.262 e. The highest BCUT2D eigenvalue weighted by Gasteiger charge is 2.18. The van der Waals surface area contributed by atoms with Gasteiger partial charge < -0.3 is 20.6 Å². The van der Waals surface area contributed by atoms with Gasteiger partial charge in [0.25, 0.3) is 11.8 Å². The van der Waals surface area contributed by atoms with Gasteiger partial charge in [-0.1, -0.05) is 48.6 Å². The second-order valence-electron chi connectivity index (χ2n) is 8.82. The summed E-state index contributed by atoms with van der Waals surface area (Å²) in [5.74, 6) is 0.904. The van der Waals surface area contributed by atoms with E-state index in [4.69, 9.17) is 0 Å². The Kier molecular flexibility index (Phi) is 8.46. The van der Waals surface area contributed by atoms with Crippen LogP contribution in [0.25, 0.3) is 21.8 Å². The van der Waals surface area contributed by atoms with Crippen LogP contribution in [0.3, 0.4) is 0 Å². The number of H-pyrrole nitrogens is 2. The second-order valence-corrected chi connectivity index (χ2v) is 11.0. The van der Waals surface area contributed by atoms with E-state index < -0.39 is 11.8 Å². The van der Waals surface area contributed by atoms with Crippen LogP contribution in [0, 0.1) is 0 Å². The molecule has 0 fully saturated rings. The summed E-state index contributed by atoms with van der Waals surface area (Å²) < 4.78 is 0. The zero-order chi connectivity index (χ0) is 28.1. The van der Waals surface area contributed by atoms with Crippen LogP contribution in [-0.4, -0.2) is 56.7 Å². The minimum Gasteiger partial charge on any atom is -0.360 e. The van der Waals surface area contributed by atoms with Crippen LogP contribution in [0.5, 0.6) is 0 Å². The van der Waals surface area contributed by atoms with Crippen LogP contribution in [0.4, 0.5) is 0 Å². The number of aromatic amines is 2. The molecule has 0 saturated carbocycles. The summed E-state index contributed by atoms with van der Waals surface area (Å²) in [6.07, 6.45) is 3.76. The van der Waals surface area contributed by atoms with E-state index in [9.17, 15) is 19.2 Å². The fourth-order valence-electron chi connectivity index (χ4n) is 4.14. The molecule has 2 amide bonds. The number of carbonyl (C=O) groups is 2. The predicted octanol–water partition coefficient (Wildman–Crippen LogP) is 3.28. The number of pyridine rings is 2. The lowest BCUT2D eigenvalue weighted by Gasteiger charge is -2.06. The number of para-hydroxylation sites is 1. The van der Waals surface area contributed by atoms with Crippen molar-refractivity contribution in [1.29, 1.82) is 0 Å². The van der Waals surface area contributed by atoms with E-state index in [2.05, 4.69) is 30.6 Å². The summed E-state index contributed by atoms with van der Waals surface area (Å²) in [5, 5.41) is 7.56. The van der Waals surface area contributed by atoms with Crippen molar-refractivity contribution in [2.24, 2.45) is 9.98 Å². The number of benzene rings is 2. The molecule has 0 bridgehead atoms. The normalized spacial score (nSPS) is 14.3. The maximum absolute atomic E-state index is 12.5. The first-order valence-electron chi connectivity index (χ1n) is 12.7. The Morgan fingerprint density at radius 1 is 0.800 bits per heavy atom. The monoisotopic (exact) mass is 574 g/mol. The number of amides is 2. The molecule has 0 atom stereocenters. The number of aryl methyl sites for hydroxylation is 1. The number of carbonyl (C=O) groups excluding carboxylic acids is 2. The molecule has 40 heavy (non-hydrogen) atoms. The number of hydrogen-bond donors (Lipinski definition) is 4. The van der Waals surface area contributed by atoms with E-state index in [1.54, 1.807) is 18.2 Å². The average molecular weight is 575 g/mol. The molecule has 204 valence electrons. The summed E-state index contributed by atoms with van der Waals surface area (Å²) in [6.45, 7) is 3.43. The molecule has 4 aromatic rings. The summed E-state index contributed by atoms with van der Waals surface area (Å²) in [4.78, 5) is 63.2. The van der Waals surface area contributed by atoms with E-state index in [0.29, 0.717) is 34.2 Å². The largest absolute Gasteiger partial charge is 0.360 e. The van der Waals surface area contributed by atoms with Crippen LogP contribution in [-0.2, 0) is 6.42 Å². The number of nitrogens with one attached hydrogen (secondary N) is 4. The van der Waals surface area contributed by atoms with Gasteiger partial charge in [-0.15, -0.1) is 0 Å². The molecule has 0 spiro atoms. The van der Waals surface area contributed by atoms with Crippen molar-refractivity contribution in [2.75, 3.05) is 24.6 Å². The van der Waals surface area contributed by atoms with E-state index in [1.807, 2.05) is 31.2 Å². The molecule has 12 heteroatoms. The third-order valence-corrected chi connectivity index (χ3v) is 8.03. The quantitative estimate of drug-likeness (QED) is 0.295. The minimum absolute atomic E-state index is 0.105. The molecule has 4 heterocycles. The summed E-state index contributed by atoms with van der Waals surface area (Å²) in [7, 11) is 0. The van der Waals surface area contributed by atoms with Crippen molar-refractivity contribution in [2.45, 2.75) is 13.3 Å². The molecular weight excluding hydrogens is 548 g/mol. The second kappa shape index (κ2) is 12.3. The van der Waals surface area contributed by atoms with Crippen LogP contribution >= 0.6 is 23.5 Å². The Hall–Kier alpha value is -4.16. The van der Waals surface area contributed by atoms with Gasteiger partial charge in [-0.2, -0.15) is 0 Å². The molecule has 0 unspecified atom stereocenters. The molecular formula is C28H26N6O4S2. The standard InChI is InChI=1S/C15H15N3O2S.C13H11N3O2S/c1-2-9-3-4-12-10(7-9)13(19)11(8-17-12)14(20)18-15-16-5-6-21-15;17-11-8-3-1-2-4-10(8)15-7-9(11)12(18)16-13-14-5-6-19-13/h3-4,7-8H,2,5-6H2,1H3,(H,17,19)(H,16,18,20);1-4,7H,5-6H2,(H,15,17)(H,14,16,18). The van der Waals surface area contributed by atoms with Gasteiger partial charge in [0.15, 0.2) is 10.3 Å². The maximum Gasteiger partial charge on any atom is 0.262 e. The van der Waals surface area contributed by atoms with E-state index in [0.717, 1.165) is 34.5 Å². The van der Waals surface area contributed by atoms with Crippen molar-refractivity contribution >= 4 is 67.5 Å². The van der Waals surface area contributed by atoms with E-state index >= 15 is 0 Å². The minimum atomic E-state index is -0.417. The van der Waals surface area contributed by atoms with Crippen LogP contribution in [0.2, 0.25) is 0 Å². The first-order chi connectivity index (χ1) is 19.4. The number of thioether (sulfide) groups is 2. The molecule has 2 aromatic heterocycles. The summed E-state index contributed by atoms with van der Waals surface area (Å²) in [6, 6.07) is 12.8. The fraction of sp³-hybridized carbons (Fsp3) is 0.214. The van der Waals surface area contributed by atoms with Crippen LogP contribution < -0.4 is 21.5 Å². The van der Waals surface area contributed by atoms with Gasteiger partial charge in [0.2, 0.25) is 10.9 Å². The zero-order valence-electron chi connectivity index (χ0n) is 21.6. The Morgan fingerprint density at radius 2 is 1.35 bits per heavy atom. The summed E-state index contributed by atoms with van der Waals surface area (Å²) in [5.41, 5.74) is 2.23. The van der Waals surface area contributed by atoms with Gasteiger partial charge in [-0.25, -0.2) is 0 Å². The molecule has 2 aliphatic rings. The molecule has 0 aliphatic carbocycles. The Labute approximate surface area is 237 Å². The van der Waals surface area contributed by atoms with E-state index in [1.165, 1.54) is 35.9 Å². The number of aromatic nitrogens is 2. The lowest BCUT2D eigenvalue weighted by atomic mass is 10.1. The number of hydrogen-bond acceptors (Lipinski definition) is 8. The maximum atomic E-state index is 12.5. The Balaban J connectivity index is 0.000000162. The van der Waals surface area contributed by atoms with Gasteiger partial charge >= 0.3 is 0 Å². The average Bonchev–Trinajstić information content (AvgIpc) is 3.68. The van der Waals surface area contributed by atoms with Crippen molar-refractivity contribution in [3.63, 3.8) is 0 Å². The molecule has 0 saturated heterocycles. The Bertz CT molecular complexity index is 1790. The van der Waals surface area contributed by atoms with E-state index in [-0.39, 0.29) is 22.0 Å². The molecule has 4 N–H and O–H groups in total. The number of nitrogens with zero attached hydrogens (tertiary/aromatic N) is 2. The molecule has 2 aliphatic heterocycles. The van der Waals surface area contributed by atoms with Crippen molar-refractivity contribution < 1.29 is 9.59 Å². The molecule has 2 aromatic carbocycles. The predicted molar refractivity (Wildman–Crippen MR) is 163 cm³/mol. The van der Waals surface area contributed by atoms with Gasteiger partial charge in [0, 0.05) is 45.7 Å². The number of aliphatic imine (C=N–C) groups is 2. The first kappa shape index (κ1) is 27.4. The van der Waals surface area contributed by atoms with Crippen LogP contribution in [0.15, 0.2) is 74.4 Å². The summed E-state index contributed by atoms with van der Waals surface area (Å²) >= 11 is 2.97. The van der Waals surface area contributed by atoms with Crippen LogP contribution in [0.1, 0.15) is 33.2 Å². The van der Waals surface area contributed by atoms with Crippen molar-refractivity contribution in [3.8, 4) is 0 Å². The molecule has 6 rings (SSSR count). The highest BCUT2D eigenvalue weighted by Crippen LogP contribution is 2.14. The van der Waals surface area contributed by atoms with Crippen molar-refractivity contribution in [1.82, 2.24) is 20.6 Å². The van der Waals surface area contributed by atoms with Gasteiger partial charge in [0.1, 0.15) is 11.1 Å². The fourth-order valence-corrected chi connectivity index (χ4v) is 5.59. The van der Waals surface area contributed by atoms with Gasteiger partial charge in [-0.05, 0) is 36.2 Å². The van der Waals surface area contributed by atoms with Gasteiger partial charge in [0.05, 0.1) is 13.1 Å². The zero-order valence-corrected chi connectivity index (χ0v) is 23.2. The first-order valence-corrected chi connectivity index (χ1v) is 14.6.